The van der Waals surface area contributed by atoms with Crippen LogP contribution in [0.4, 0.5) is 0 Å². The van der Waals surface area contributed by atoms with Crippen molar-refractivity contribution in [1.29, 1.82) is 0 Å². The Morgan fingerprint density at radius 2 is 1.82 bits per heavy atom. The quantitative estimate of drug-likeness (QED) is 0.472. The molecule has 0 heterocycles. The summed E-state index contributed by atoms with van der Waals surface area (Å²) in [7, 11) is 0. The Balaban J connectivity index is 4.37. The number of nitrogens with one attached hydrogen (secondary N) is 1. The number of carboxylic acids is 1. The topological polar surface area (TPSA) is 107 Å². The van der Waals surface area contributed by atoms with Crippen LogP contribution in [0.3, 0.4) is 0 Å². The first-order chi connectivity index (χ1) is 7.91. The molecule has 0 aliphatic rings. The van der Waals surface area contributed by atoms with Gasteiger partial charge in [-0.2, -0.15) is 0 Å². The molecule has 0 saturated carbocycles. The smallest absolute Gasteiger partial charge is 0.310 e. The van der Waals surface area contributed by atoms with E-state index >= 15 is 0 Å². The van der Waals surface area contributed by atoms with E-state index < -0.39 is 30.0 Å². The fourth-order valence-corrected chi connectivity index (χ4v) is 1.54. The van der Waals surface area contributed by atoms with E-state index in [1.165, 1.54) is 0 Å². The molecule has 0 radical (unpaired) electrons. The number of aliphatic hydroxyl groups is 2. The van der Waals surface area contributed by atoms with Gasteiger partial charge in [0.25, 0.3) is 0 Å². The van der Waals surface area contributed by atoms with Crippen molar-refractivity contribution in [3.63, 3.8) is 0 Å². The summed E-state index contributed by atoms with van der Waals surface area (Å²) in [4.78, 5) is 22.7. The van der Waals surface area contributed by atoms with Crippen LogP contribution in [-0.4, -0.2) is 46.5 Å². The summed E-state index contributed by atoms with van der Waals surface area (Å²) >= 11 is 0. The number of carboxylic acid groups (broad SMARTS) is 1. The number of aliphatic hydroxyl groups excluding tert-OH is 2. The SMILES string of the molecule is CCC(CC)(CC(=O)NCC(O)CO)C(=O)O. The van der Waals surface area contributed by atoms with Crippen LogP contribution in [-0.2, 0) is 9.59 Å². The largest absolute Gasteiger partial charge is 0.481 e. The molecule has 0 rings (SSSR count). The summed E-state index contributed by atoms with van der Waals surface area (Å²) in [6.45, 7) is 2.95. The van der Waals surface area contributed by atoms with Crippen LogP contribution in [0.2, 0.25) is 0 Å². The van der Waals surface area contributed by atoms with Crippen molar-refractivity contribution in [1.82, 2.24) is 5.32 Å². The molecule has 0 aliphatic carbocycles. The molecular formula is C11H21NO5. The molecule has 0 aromatic rings. The van der Waals surface area contributed by atoms with E-state index in [-0.39, 0.29) is 13.0 Å². The second-order valence-corrected chi connectivity index (χ2v) is 4.11. The fourth-order valence-electron chi connectivity index (χ4n) is 1.54. The van der Waals surface area contributed by atoms with Crippen LogP contribution < -0.4 is 5.32 Å². The third-order valence-corrected chi connectivity index (χ3v) is 3.05. The number of amides is 1. The number of aliphatic carboxylic acids is 1. The summed E-state index contributed by atoms with van der Waals surface area (Å²) in [5, 5.41) is 29.1. The number of carbonyl (C=O) groups excluding carboxylic acids is 1. The monoisotopic (exact) mass is 247 g/mol. The van der Waals surface area contributed by atoms with E-state index in [1.54, 1.807) is 13.8 Å². The average Bonchev–Trinajstić information content (AvgIpc) is 2.32. The van der Waals surface area contributed by atoms with Gasteiger partial charge in [-0.05, 0) is 12.8 Å². The molecule has 1 atom stereocenters. The molecule has 0 fully saturated rings. The van der Waals surface area contributed by atoms with Gasteiger partial charge >= 0.3 is 5.97 Å². The molecule has 17 heavy (non-hydrogen) atoms. The lowest BCUT2D eigenvalue weighted by atomic mass is 9.79. The van der Waals surface area contributed by atoms with Crippen molar-refractivity contribution in [2.24, 2.45) is 5.41 Å². The Kier molecular flexibility index (Phi) is 6.75. The van der Waals surface area contributed by atoms with E-state index in [0.29, 0.717) is 12.8 Å². The minimum Gasteiger partial charge on any atom is -0.481 e. The molecule has 0 aliphatic heterocycles. The third-order valence-electron chi connectivity index (χ3n) is 3.05. The van der Waals surface area contributed by atoms with E-state index in [1.807, 2.05) is 0 Å². The molecule has 0 aromatic carbocycles. The molecule has 0 spiro atoms. The van der Waals surface area contributed by atoms with Gasteiger partial charge in [0.1, 0.15) is 0 Å². The van der Waals surface area contributed by atoms with Crippen molar-refractivity contribution in [2.75, 3.05) is 13.2 Å². The molecule has 6 nitrogen and oxygen atoms in total. The zero-order chi connectivity index (χ0) is 13.5. The molecule has 0 aromatic heterocycles. The number of hydrogen-bond donors (Lipinski definition) is 4. The van der Waals surface area contributed by atoms with Gasteiger partial charge in [-0.25, -0.2) is 0 Å². The van der Waals surface area contributed by atoms with Crippen molar-refractivity contribution >= 4 is 11.9 Å². The predicted molar refractivity (Wildman–Crippen MR) is 61.4 cm³/mol. The standard InChI is InChI=1S/C11H21NO5/c1-3-11(4-2,10(16)17)5-9(15)12-6-8(14)7-13/h8,13-14H,3-7H2,1-2H3,(H,12,15)(H,16,17). The van der Waals surface area contributed by atoms with Crippen LogP contribution in [0.15, 0.2) is 0 Å². The van der Waals surface area contributed by atoms with E-state index in [2.05, 4.69) is 5.32 Å². The van der Waals surface area contributed by atoms with Gasteiger partial charge in [-0.15, -0.1) is 0 Å². The Bertz CT molecular complexity index is 263. The normalized spacial score (nSPS) is 13.2. The lowest BCUT2D eigenvalue weighted by Gasteiger charge is -2.26. The highest BCUT2D eigenvalue weighted by Crippen LogP contribution is 2.30. The van der Waals surface area contributed by atoms with Crippen molar-refractivity contribution in [3.8, 4) is 0 Å². The number of hydrogen-bond acceptors (Lipinski definition) is 4. The second-order valence-electron chi connectivity index (χ2n) is 4.11. The van der Waals surface area contributed by atoms with E-state index in [0.717, 1.165) is 0 Å². The Hall–Kier alpha value is -1.14. The highest BCUT2D eigenvalue weighted by molar-refractivity contribution is 5.84. The number of carbonyl (C=O) groups is 2. The summed E-state index contributed by atoms with van der Waals surface area (Å²) in [5.74, 6) is -1.41. The maximum Gasteiger partial charge on any atom is 0.310 e. The lowest BCUT2D eigenvalue weighted by molar-refractivity contribution is -0.152. The number of rotatable bonds is 8. The van der Waals surface area contributed by atoms with Crippen molar-refractivity contribution in [2.45, 2.75) is 39.2 Å². The summed E-state index contributed by atoms with van der Waals surface area (Å²) in [6.07, 6.45) is -0.390. The molecule has 0 bridgehead atoms. The summed E-state index contributed by atoms with van der Waals surface area (Å²) < 4.78 is 0. The third kappa shape index (κ3) is 4.70. The van der Waals surface area contributed by atoms with Gasteiger partial charge < -0.3 is 20.6 Å². The van der Waals surface area contributed by atoms with Gasteiger partial charge in [0.15, 0.2) is 0 Å². The first kappa shape index (κ1) is 15.9. The van der Waals surface area contributed by atoms with Crippen LogP contribution in [0.5, 0.6) is 0 Å². The van der Waals surface area contributed by atoms with E-state index in [4.69, 9.17) is 15.3 Å². The van der Waals surface area contributed by atoms with Crippen molar-refractivity contribution in [3.05, 3.63) is 0 Å². The van der Waals surface area contributed by atoms with Crippen LogP contribution >= 0.6 is 0 Å². The molecule has 1 amide bonds. The molecule has 4 N–H and O–H groups in total. The van der Waals surface area contributed by atoms with Crippen molar-refractivity contribution < 1.29 is 24.9 Å². The maximum atomic E-state index is 11.5. The van der Waals surface area contributed by atoms with Gasteiger partial charge in [-0.3, -0.25) is 9.59 Å². The minimum atomic E-state index is -1.05. The maximum absolute atomic E-state index is 11.5. The first-order valence-corrected chi connectivity index (χ1v) is 5.70. The van der Waals surface area contributed by atoms with Gasteiger partial charge in [0.2, 0.25) is 5.91 Å². The first-order valence-electron chi connectivity index (χ1n) is 5.70. The lowest BCUT2D eigenvalue weighted by Crippen LogP contribution is -2.40. The van der Waals surface area contributed by atoms with Gasteiger partial charge in [0, 0.05) is 13.0 Å². The second kappa shape index (κ2) is 7.24. The minimum absolute atomic E-state index is 0.0710. The average molecular weight is 247 g/mol. The van der Waals surface area contributed by atoms with Gasteiger partial charge in [0.05, 0.1) is 18.1 Å². The molecule has 1 unspecified atom stereocenters. The highest BCUT2D eigenvalue weighted by atomic mass is 16.4. The molecule has 0 saturated heterocycles. The Morgan fingerprint density at radius 1 is 1.29 bits per heavy atom. The molecule has 6 heteroatoms. The Morgan fingerprint density at radius 3 is 2.18 bits per heavy atom. The van der Waals surface area contributed by atoms with Crippen LogP contribution in [0.25, 0.3) is 0 Å². The predicted octanol–water partition coefficient (Wildman–Crippen LogP) is -0.263. The highest BCUT2D eigenvalue weighted by Gasteiger charge is 2.37. The van der Waals surface area contributed by atoms with Gasteiger partial charge in [-0.1, -0.05) is 13.8 Å². The van der Waals surface area contributed by atoms with Crippen LogP contribution in [0.1, 0.15) is 33.1 Å². The zero-order valence-corrected chi connectivity index (χ0v) is 10.3. The zero-order valence-electron chi connectivity index (χ0n) is 10.3. The molecular weight excluding hydrogens is 226 g/mol. The Labute approximate surface area is 101 Å². The molecule has 100 valence electrons. The summed E-state index contributed by atoms with van der Waals surface area (Å²) in [5.41, 5.74) is -1.05. The van der Waals surface area contributed by atoms with E-state index in [9.17, 15) is 9.59 Å². The summed E-state index contributed by atoms with van der Waals surface area (Å²) in [6, 6.07) is 0. The van der Waals surface area contributed by atoms with Crippen LogP contribution in [0, 0.1) is 5.41 Å². The fraction of sp³-hybridized carbons (Fsp3) is 0.818.